The molecular formula is C34H23F2NO3. The Bertz CT molecular complexity index is 1720. The first kappa shape index (κ1) is 24.3. The Morgan fingerprint density at radius 2 is 1.43 bits per heavy atom. The van der Waals surface area contributed by atoms with Crippen LogP contribution in [-0.2, 0) is 0 Å². The molecule has 0 aromatic heterocycles. The van der Waals surface area contributed by atoms with Crippen LogP contribution in [0.1, 0.15) is 53.7 Å². The molecule has 2 aliphatic heterocycles. The second kappa shape index (κ2) is 8.65. The Kier molecular flexibility index (Phi) is 5.26. The molecule has 0 saturated carbocycles. The maximum Gasteiger partial charge on any atom is 0.185 e. The van der Waals surface area contributed by atoms with Gasteiger partial charge in [0.2, 0.25) is 0 Å². The van der Waals surface area contributed by atoms with Gasteiger partial charge in [-0.15, -0.1) is 0 Å². The van der Waals surface area contributed by atoms with Gasteiger partial charge in [0.25, 0.3) is 0 Å². The van der Waals surface area contributed by atoms with Gasteiger partial charge in [-0.25, -0.2) is 8.78 Å². The first-order valence-corrected chi connectivity index (χ1v) is 13.1. The molecule has 4 aromatic carbocycles. The highest BCUT2D eigenvalue weighted by molar-refractivity contribution is 6.32. The van der Waals surface area contributed by atoms with Gasteiger partial charge in [-0.3, -0.25) is 14.4 Å². The minimum absolute atomic E-state index is 0.279. The number of rotatable bonds is 3. The van der Waals surface area contributed by atoms with Crippen LogP contribution in [0.2, 0.25) is 0 Å². The molecule has 0 N–H and O–H groups in total. The average molecular weight is 532 g/mol. The van der Waals surface area contributed by atoms with E-state index in [0.717, 1.165) is 5.56 Å². The van der Waals surface area contributed by atoms with Gasteiger partial charge in [-0.1, -0.05) is 78.4 Å². The van der Waals surface area contributed by atoms with Crippen molar-refractivity contribution < 1.29 is 23.2 Å². The van der Waals surface area contributed by atoms with Crippen molar-refractivity contribution in [2.75, 3.05) is 4.90 Å². The van der Waals surface area contributed by atoms with E-state index in [-0.39, 0.29) is 17.3 Å². The molecule has 3 aliphatic rings. The van der Waals surface area contributed by atoms with E-state index in [9.17, 15) is 23.2 Å². The number of Topliss-reactive ketones (excluding diaryl/α,β-unsaturated/α-hetero) is 3. The molecule has 0 amide bonds. The molecule has 1 fully saturated rings. The molecular weight excluding hydrogens is 508 g/mol. The predicted molar refractivity (Wildman–Crippen MR) is 148 cm³/mol. The Balaban J connectivity index is 1.54. The van der Waals surface area contributed by atoms with E-state index in [1.54, 1.807) is 66.7 Å². The number of hydrogen-bond acceptors (Lipinski definition) is 4. The summed E-state index contributed by atoms with van der Waals surface area (Å²) in [4.78, 5) is 45.4. The summed E-state index contributed by atoms with van der Waals surface area (Å²) in [5.74, 6) is -2.87. The number of halogens is 2. The zero-order chi connectivity index (χ0) is 27.8. The van der Waals surface area contributed by atoms with Crippen molar-refractivity contribution in [2.24, 2.45) is 5.41 Å². The molecule has 0 radical (unpaired) electrons. The molecule has 1 saturated heterocycles. The molecule has 4 nitrogen and oxygen atoms in total. The quantitative estimate of drug-likeness (QED) is 0.221. The largest absolute Gasteiger partial charge is 0.352 e. The molecule has 4 aromatic rings. The summed E-state index contributed by atoms with van der Waals surface area (Å²) in [6.07, 6.45) is 3.45. The fraction of sp³-hybridized carbons (Fsp3) is 0.147. The van der Waals surface area contributed by atoms with Crippen molar-refractivity contribution >= 4 is 29.1 Å². The third kappa shape index (κ3) is 3.19. The minimum atomic E-state index is -1.69. The second-order valence-electron chi connectivity index (χ2n) is 10.7. The third-order valence-electron chi connectivity index (χ3n) is 8.60. The number of carbonyl (C=O) groups is 3. The van der Waals surface area contributed by atoms with Gasteiger partial charge in [0.05, 0.1) is 6.04 Å². The zero-order valence-electron chi connectivity index (χ0n) is 21.5. The normalized spacial score (nSPS) is 21.9. The van der Waals surface area contributed by atoms with Crippen molar-refractivity contribution in [1.82, 2.24) is 0 Å². The lowest BCUT2D eigenvalue weighted by Crippen LogP contribution is -2.48. The van der Waals surface area contributed by atoms with Gasteiger partial charge in [-0.05, 0) is 42.8 Å². The van der Waals surface area contributed by atoms with E-state index in [2.05, 4.69) is 0 Å². The van der Waals surface area contributed by atoms with Crippen LogP contribution < -0.4 is 4.90 Å². The highest BCUT2D eigenvalue weighted by Crippen LogP contribution is 2.61. The molecule has 0 unspecified atom stereocenters. The van der Waals surface area contributed by atoms with Crippen LogP contribution in [0, 0.1) is 24.0 Å². The molecule has 1 aliphatic carbocycles. The maximum absolute atomic E-state index is 14.5. The Morgan fingerprint density at radius 1 is 0.800 bits per heavy atom. The number of aryl methyl sites for hydroxylation is 1. The lowest BCUT2D eigenvalue weighted by Gasteiger charge is -2.37. The Morgan fingerprint density at radius 3 is 2.08 bits per heavy atom. The van der Waals surface area contributed by atoms with Gasteiger partial charge in [0.15, 0.2) is 17.3 Å². The summed E-state index contributed by atoms with van der Waals surface area (Å²) >= 11 is 0. The standard InChI is InChI=1S/C34H23F2NO3/c1-19-6-8-21(9-7-19)31(38)30-29(20-10-13-23(35)14-11-20)34(32(39)25-4-2-3-5-26(25)33(34)40)28-17-12-22-18-24(36)15-16-27(22)37(28)30/h2-18,28-30H,1H3/t28-,29-,30+/m1/s1. The number of anilines is 1. The number of nitrogens with zero attached hydrogens (tertiary/aromatic N) is 1. The summed E-state index contributed by atoms with van der Waals surface area (Å²) in [7, 11) is 0. The van der Waals surface area contributed by atoms with Crippen LogP contribution in [0.5, 0.6) is 0 Å². The molecule has 40 heavy (non-hydrogen) atoms. The monoisotopic (exact) mass is 531 g/mol. The van der Waals surface area contributed by atoms with Gasteiger partial charge in [-0.2, -0.15) is 0 Å². The molecule has 6 heteroatoms. The number of fused-ring (bicyclic) bond motifs is 5. The van der Waals surface area contributed by atoms with E-state index >= 15 is 0 Å². The van der Waals surface area contributed by atoms with E-state index < -0.39 is 35.1 Å². The van der Waals surface area contributed by atoms with Crippen LogP contribution >= 0.6 is 0 Å². The second-order valence-corrected chi connectivity index (χ2v) is 10.7. The smallest absolute Gasteiger partial charge is 0.185 e. The molecule has 0 bridgehead atoms. The zero-order valence-corrected chi connectivity index (χ0v) is 21.5. The van der Waals surface area contributed by atoms with Crippen LogP contribution in [0.3, 0.4) is 0 Å². The topological polar surface area (TPSA) is 54.5 Å². The molecule has 7 rings (SSSR count). The van der Waals surface area contributed by atoms with E-state index in [1.807, 2.05) is 24.0 Å². The molecule has 1 spiro atoms. The van der Waals surface area contributed by atoms with Gasteiger partial charge >= 0.3 is 0 Å². The van der Waals surface area contributed by atoms with Crippen molar-refractivity contribution in [3.8, 4) is 0 Å². The van der Waals surface area contributed by atoms with Crippen molar-refractivity contribution in [3.63, 3.8) is 0 Å². The predicted octanol–water partition coefficient (Wildman–Crippen LogP) is 6.59. The van der Waals surface area contributed by atoms with Crippen LogP contribution in [0.25, 0.3) is 6.08 Å². The van der Waals surface area contributed by atoms with Gasteiger partial charge < -0.3 is 4.90 Å². The Hall–Kier alpha value is -4.71. The van der Waals surface area contributed by atoms with Crippen LogP contribution in [-0.4, -0.2) is 29.4 Å². The first-order valence-electron chi connectivity index (χ1n) is 13.1. The summed E-state index contributed by atoms with van der Waals surface area (Å²) in [6.45, 7) is 1.92. The van der Waals surface area contributed by atoms with Crippen LogP contribution in [0.15, 0.2) is 97.1 Å². The molecule has 196 valence electrons. The Labute approximate surface area is 229 Å². The van der Waals surface area contributed by atoms with Crippen molar-refractivity contribution in [2.45, 2.75) is 24.9 Å². The summed E-state index contributed by atoms with van der Waals surface area (Å²) in [5, 5.41) is 0. The fourth-order valence-corrected chi connectivity index (χ4v) is 6.88. The van der Waals surface area contributed by atoms with Crippen molar-refractivity contribution in [1.29, 1.82) is 0 Å². The first-order chi connectivity index (χ1) is 19.3. The minimum Gasteiger partial charge on any atom is -0.352 e. The van der Waals surface area contributed by atoms with Crippen molar-refractivity contribution in [3.05, 3.63) is 142 Å². The average Bonchev–Trinajstić information content (AvgIpc) is 3.39. The molecule has 3 atom stereocenters. The summed E-state index contributed by atoms with van der Waals surface area (Å²) in [5.41, 5.74) is 1.94. The van der Waals surface area contributed by atoms with E-state index in [1.165, 1.54) is 24.3 Å². The van der Waals surface area contributed by atoms with Gasteiger partial charge in [0.1, 0.15) is 23.1 Å². The fourth-order valence-electron chi connectivity index (χ4n) is 6.88. The highest BCUT2D eigenvalue weighted by Gasteiger charge is 2.71. The SMILES string of the molecule is Cc1ccc(C(=O)[C@@H]2[C@@H](c3ccc(F)cc3)C3(C(=O)c4ccccc4C3=O)[C@H]3C=Cc4cc(F)ccc4N23)cc1. The number of benzene rings is 4. The maximum atomic E-state index is 14.5. The van der Waals surface area contributed by atoms with E-state index in [0.29, 0.717) is 33.5 Å². The van der Waals surface area contributed by atoms with E-state index in [4.69, 9.17) is 0 Å². The summed E-state index contributed by atoms with van der Waals surface area (Å²) < 4.78 is 28.5. The highest BCUT2D eigenvalue weighted by atomic mass is 19.1. The number of ketones is 3. The number of hydrogen-bond donors (Lipinski definition) is 0. The third-order valence-corrected chi connectivity index (χ3v) is 8.60. The molecule has 2 heterocycles. The summed E-state index contributed by atoms with van der Waals surface area (Å²) in [6, 6.07) is 22.0. The lowest BCUT2D eigenvalue weighted by atomic mass is 9.64. The van der Waals surface area contributed by atoms with Gasteiger partial charge in [0, 0.05) is 33.9 Å². The number of carbonyl (C=O) groups excluding carboxylic acids is 3. The van der Waals surface area contributed by atoms with Crippen LogP contribution in [0.4, 0.5) is 14.5 Å². The lowest BCUT2D eigenvalue weighted by molar-refractivity contribution is 0.0666.